The SMILES string of the molecule is OCc1c(-c2ccc(Cl)cc2)noc1-c1cc(F)c(F)cc1F. The van der Waals surface area contributed by atoms with E-state index in [1.807, 2.05) is 0 Å². The molecule has 0 saturated heterocycles. The maximum absolute atomic E-state index is 13.9. The Balaban J connectivity index is 2.15. The largest absolute Gasteiger partial charge is 0.391 e. The van der Waals surface area contributed by atoms with E-state index in [0.29, 0.717) is 22.7 Å². The predicted octanol–water partition coefficient (Wildman–Crippen LogP) is 4.57. The molecular formula is C16H9ClF3NO2. The Labute approximate surface area is 133 Å². The average Bonchev–Trinajstić information content (AvgIpc) is 2.95. The molecular weight excluding hydrogens is 331 g/mol. The fourth-order valence-electron chi connectivity index (χ4n) is 2.20. The van der Waals surface area contributed by atoms with Gasteiger partial charge in [-0.3, -0.25) is 0 Å². The molecule has 118 valence electrons. The molecule has 23 heavy (non-hydrogen) atoms. The Morgan fingerprint density at radius 1 is 1.00 bits per heavy atom. The van der Waals surface area contributed by atoms with Gasteiger partial charge >= 0.3 is 0 Å². The van der Waals surface area contributed by atoms with Gasteiger partial charge in [0.05, 0.1) is 17.7 Å². The number of aliphatic hydroxyl groups excluding tert-OH is 1. The lowest BCUT2D eigenvalue weighted by atomic mass is 10.0. The quantitative estimate of drug-likeness (QED) is 0.711. The molecule has 7 heteroatoms. The molecule has 0 aliphatic carbocycles. The van der Waals surface area contributed by atoms with Crippen LogP contribution in [-0.2, 0) is 6.61 Å². The summed E-state index contributed by atoms with van der Waals surface area (Å²) in [5, 5.41) is 13.9. The highest BCUT2D eigenvalue weighted by Crippen LogP contribution is 2.34. The first kappa shape index (κ1) is 15.6. The van der Waals surface area contributed by atoms with Crippen molar-refractivity contribution >= 4 is 11.6 Å². The molecule has 3 nitrogen and oxygen atoms in total. The molecule has 0 spiro atoms. The van der Waals surface area contributed by atoms with Crippen molar-refractivity contribution in [2.75, 3.05) is 0 Å². The zero-order valence-corrected chi connectivity index (χ0v) is 12.2. The molecule has 0 atom stereocenters. The molecule has 0 bridgehead atoms. The van der Waals surface area contributed by atoms with Gasteiger partial charge in [0.25, 0.3) is 0 Å². The molecule has 3 aromatic rings. The number of benzene rings is 2. The Hall–Kier alpha value is -2.31. The normalized spacial score (nSPS) is 11.0. The summed E-state index contributed by atoms with van der Waals surface area (Å²) in [5.74, 6) is -3.71. The summed E-state index contributed by atoms with van der Waals surface area (Å²) >= 11 is 5.81. The van der Waals surface area contributed by atoms with E-state index in [2.05, 4.69) is 5.16 Å². The summed E-state index contributed by atoms with van der Waals surface area (Å²) in [5.41, 5.74) is 0.692. The fraction of sp³-hybridized carbons (Fsp3) is 0.0625. The molecule has 2 aromatic carbocycles. The van der Waals surface area contributed by atoms with Gasteiger partial charge in [-0.25, -0.2) is 13.2 Å². The van der Waals surface area contributed by atoms with Gasteiger partial charge in [0.15, 0.2) is 17.4 Å². The van der Waals surface area contributed by atoms with Crippen LogP contribution < -0.4 is 0 Å². The smallest absolute Gasteiger partial charge is 0.176 e. The molecule has 0 saturated carbocycles. The van der Waals surface area contributed by atoms with Crippen LogP contribution in [0.4, 0.5) is 13.2 Å². The predicted molar refractivity (Wildman–Crippen MR) is 78.2 cm³/mol. The highest BCUT2D eigenvalue weighted by atomic mass is 35.5. The lowest BCUT2D eigenvalue weighted by Crippen LogP contribution is -1.94. The highest BCUT2D eigenvalue weighted by Gasteiger charge is 2.22. The van der Waals surface area contributed by atoms with Gasteiger partial charge in [-0.1, -0.05) is 28.9 Å². The first-order valence-corrected chi connectivity index (χ1v) is 6.89. The third-order valence-electron chi connectivity index (χ3n) is 3.32. The van der Waals surface area contributed by atoms with E-state index in [4.69, 9.17) is 16.1 Å². The van der Waals surface area contributed by atoms with Gasteiger partial charge in [-0.2, -0.15) is 0 Å². The third kappa shape index (κ3) is 2.83. The molecule has 0 aliphatic rings. The van der Waals surface area contributed by atoms with Crippen molar-refractivity contribution in [2.24, 2.45) is 0 Å². The topological polar surface area (TPSA) is 46.3 Å². The fourth-order valence-corrected chi connectivity index (χ4v) is 2.32. The maximum Gasteiger partial charge on any atom is 0.176 e. The zero-order valence-electron chi connectivity index (χ0n) is 11.5. The summed E-state index contributed by atoms with van der Waals surface area (Å²) < 4.78 is 45.4. The summed E-state index contributed by atoms with van der Waals surface area (Å²) in [6.07, 6.45) is 0. The standard InChI is InChI=1S/C16H9ClF3NO2/c17-9-3-1-8(2-4-9)15-11(7-22)16(23-21-15)10-5-13(19)14(20)6-12(10)18/h1-6,22H,7H2. The molecule has 0 unspecified atom stereocenters. The van der Waals surface area contributed by atoms with E-state index in [-0.39, 0.29) is 22.6 Å². The molecule has 0 fully saturated rings. The first-order chi connectivity index (χ1) is 11.0. The Bertz CT molecular complexity index is 863. The van der Waals surface area contributed by atoms with Crippen LogP contribution in [0.5, 0.6) is 0 Å². The number of nitrogens with zero attached hydrogens (tertiary/aromatic N) is 1. The maximum atomic E-state index is 13.9. The van der Waals surface area contributed by atoms with Gasteiger partial charge in [-0.05, 0) is 18.2 Å². The van der Waals surface area contributed by atoms with Crippen LogP contribution in [-0.4, -0.2) is 10.3 Å². The van der Waals surface area contributed by atoms with E-state index in [1.54, 1.807) is 24.3 Å². The van der Waals surface area contributed by atoms with Crippen LogP contribution in [0.1, 0.15) is 5.56 Å². The summed E-state index contributed by atoms with van der Waals surface area (Å²) in [4.78, 5) is 0. The van der Waals surface area contributed by atoms with E-state index in [1.165, 1.54) is 0 Å². The van der Waals surface area contributed by atoms with Gasteiger partial charge in [-0.15, -0.1) is 0 Å². The average molecular weight is 340 g/mol. The second kappa shape index (κ2) is 6.06. The van der Waals surface area contributed by atoms with Crippen LogP contribution in [0.25, 0.3) is 22.6 Å². The van der Waals surface area contributed by atoms with Crippen LogP contribution in [0.2, 0.25) is 5.02 Å². The Morgan fingerprint density at radius 2 is 1.65 bits per heavy atom. The van der Waals surface area contributed by atoms with Crippen LogP contribution in [0, 0.1) is 17.5 Å². The lowest BCUT2D eigenvalue weighted by Gasteiger charge is -2.04. The minimum absolute atomic E-state index is 0.158. The van der Waals surface area contributed by atoms with Crippen molar-refractivity contribution in [3.8, 4) is 22.6 Å². The Kier molecular flexibility index (Phi) is 4.11. The molecule has 1 heterocycles. The number of aromatic nitrogens is 1. The zero-order chi connectivity index (χ0) is 16.6. The van der Waals surface area contributed by atoms with Crippen molar-refractivity contribution in [3.05, 3.63) is 64.4 Å². The van der Waals surface area contributed by atoms with Crippen molar-refractivity contribution in [1.82, 2.24) is 5.16 Å². The van der Waals surface area contributed by atoms with E-state index in [0.717, 1.165) is 0 Å². The molecule has 0 aliphatic heterocycles. The van der Waals surface area contributed by atoms with E-state index < -0.39 is 24.1 Å². The monoisotopic (exact) mass is 339 g/mol. The molecule has 0 radical (unpaired) electrons. The second-order valence-corrected chi connectivity index (χ2v) is 5.19. The first-order valence-electron chi connectivity index (χ1n) is 6.51. The lowest BCUT2D eigenvalue weighted by molar-refractivity contribution is 0.281. The summed E-state index contributed by atoms with van der Waals surface area (Å²) in [7, 11) is 0. The summed E-state index contributed by atoms with van der Waals surface area (Å²) in [6, 6.07) is 7.59. The van der Waals surface area contributed by atoms with Gasteiger partial charge in [0, 0.05) is 16.7 Å². The number of hydrogen-bond donors (Lipinski definition) is 1. The minimum atomic E-state index is -1.31. The molecule has 1 aromatic heterocycles. The molecule has 0 amide bonds. The van der Waals surface area contributed by atoms with Crippen LogP contribution in [0.15, 0.2) is 40.9 Å². The van der Waals surface area contributed by atoms with Crippen LogP contribution in [0.3, 0.4) is 0 Å². The molecule has 1 N–H and O–H groups in total. The number of hydrogen-bond acceptors (Lipinski definition) is 3. The van der Waals surface area contributed by atoms with E-state index >= 15 is 0 Å². The minimum Gasteiger partial charge on any atom is -0.391 e. The molecule has 3 rings (SSSR count). The number of rotatable bonds is 3. The highest BCUT2D eigenvalue weighted by molar-refractivity contribution is 6.30. The summed E-state index contributed by atoms with van der Waals surface area (Å²) in [6.45, 7) is -0.519. The number of halogens is 4. The van der Waals surface area contributed by atoms with Crippen LogP contribution >= 0.6 is 11.6 Å². The van der Waals surface area contributed by atoms with Crippen molar-refractivity contribution in [3.63, 3.8) is 0 Å². The van der Waals surface area contributed by atoms with Crippen molar-refractivity contribution < 1.29 is 22.8 Å². The third-order valence-corrected chi connectivity index (χ3v) is 3.57. The van der Waals surface area contributed by atoms with Gasteiger partial charge < -0.3 is 9.63 Å². The van der Waals surface area contributed by atoms with Gasteiger partial charge in [0.2, 0.25) is 0 Å². The number of aliphatic hydroxyl groups is 1. The van der Waals surface area contributed by atoms with Crippen molar-refractivity contribution in [2.45, 2.75) is 6.61 Å². The van der Waals surface area contributed by atoms with Crippen molar-refractivity contribution in [1.29, 1.82) is 0 Å². The Morgan fingerprint density at radius 3 is 2.30 bits per heavy atom. The second-order valence-electron chi connectivity index (χ2n) is 4.75. The van der Waals surface area contributed by atoms with E-state index in [9.17, 15) is 18.3 Å². The van der Waals surface area contributed by atoms with Gasteiger partial charge in [0.1, 0.15) is 11.5 Å².